The predicted molar refractivity (Wildman–Crippen MR) is 78.6 cm³/mol. The third-order valence-electron chi connectivity index (χ3n) is 3.96. The molecule has 1 aliphatic rings. The van der Waals surface area contributed by atoms with E-state index in [0.717, 1.165) is 24.9 Å². The number of nitrogen functional groups attached to an aromatic ring is 1. The van der Waals surface area contributed by atoms with Crippen LogP contribution in [-0.2, 0) is 11.3 Å². The number of carbonyl (C=O) groups excluding carboxylic acids is 1. The van der Waals surface area contributed by atoms with E-state index < -0.39 is 0 Å². The topological polar surface area (TPSA) is 80.7 Å². The molecule has 0 radical (unpaired) electrons. The number of hydrogen-bond acceptors (Lipinski definition) is 5. The van der Waals surface area contributed by atoms with E-state index in [-0.39, 0.29) is 12.0 Å². The molecule has 3 N–H and O–H groups in total. The molecule has 3 rings (SSSR count). The Labute approximate surface area is 122 Å². The van der Waals surface area contributed by atoms with E-state index in [1.807, 2.05) is 24.3 Å². The van der Waals surface area contributed by atoms with Gasteiger partial charge in [-0.15, -0.1) is 0 Å². The van der Waals surface area contributed by atoms with Gasteiger partial charge in [0, 0.05) is 25.6 Å². The molecule has 0 bridgehead atoms. The lowest BCUT2D eigenvalue weighted by Gasteiger charge is -2.14. The third kappa shape index (κ3) is 2.65. The fourth-order valence-corrected chi connectivity index (χ4v) is 2.86. The summed E-state index contributed by atoms with van der Waals surface area (Å²) in [5, 5.41) is 0.790. The molecule has 1 amide bonds. The van der Waals surface area contributed by atoms with Crippen molar-refractivity contribution in [1.29, 1.82) is 0 Å². The number of hydrogen-bond donors (Lipinski definition) is 2. The quantitative estimate of drug-likeness (QED) is 0.503. The molecule has 0 saturated carbocycles. The molecule has 0 aliphatic carbocycles. The van der Waals surface area contributed by atoms with Crippen molar-refractivity contribution in [3.05, 3.63) is 35.6 Å². The van der Waals surface area contributed by atoms with Crippen LogP contribution in [0, 0.1) is 0 Å². The molecular weight excluding hydrogens is 270 g/mol. The van der Waals surface area contributed by atoms with E-state index in [1.54, 1.807) is 7.11 Å². The van der Waals surface area contributed by atoms with E-state index in [2.05, 4.69) is 10.3 Å². The van der Waals surface area contributed by atoms with Crippen LogP contribution in [0.2, 0.25) is 0 Å². The van der Waals surface area contributed by atoms with Gasteiger partial charge in [0.25, 0.3) is 5.91 Å². The Hall–Kier alpha value is -1.89. The van der Waals surface area contributed by atoms with Gasteiger partial charge in [0.2, 0.25) is 0 Å². The second-order valence-electron chi connectivity index (χ2n) is 5.25. The summed E-state index contributed by atoms with van der Waals surface area (Å²) in [6, 6.07) is 7.49. The summed E-state index contributed by atoms with van der Waals surface area (Å²) < 4.78 is 11.2. The molecule has 1 aliphatic heterocycles. The summed E-state index contributed by atoms with van der Waals surface area (Å²) in [5.41, 5.74) is 3.43. The molecule has 21 heavy (non-hydrogen) atoms. The Morgan fingerprint density at radius 3 is 3.05 bits per heavy atom. The van der Waals surface area contributed by atoms with Crippen LogP contribution in [0.15, 0.2) is 28.7 Å². The summed E-state index contributed by atoms with van der Waals surface area (Å²) in [7, 11) is 1.72. The number of fused-ring (bicyclic) bond motifs is 1. The Bertz CT molecular complexity index is 653. The number of rotatable bonds is 4. The molecule has 1 fully saturated rings. The van der Waals surface area contributed by atoms with Crippen molar-refractivity contribution < 1.29 is 13.9 Å². The number of methoxy groups -OCH3 is 1. The number of nitrogens with two attached hydrogens (primary N) is 1. The van der Waals surface area contributed by atoms with Crippen LogP contribution in [0.25, 0.3) is 11.0 Å². The van der Waals surface area contributed by atoms with Crippen LogP contribution in [0.4, 0.5) is 0 Å². The number of para-hydroxylation sites is 1. The highest BCUT2D eigenvalue weighted by atomic mass is 16.5. The highest BCUT2D eigenvalue weighted by Gasteiger charge is 2.26. The lowest BCUT2D eigenvalue weighted by Crippen LogP contribution is -2.31. The van der Waals surface area contributed by atoms with Gasteiger partial charge in [-0.3, -0.25) is 15.1 Å². The number of carbonyl (C=O) groups is 1. The van der Waals surface area contributed by atoms with Crippen molar-refractivity contribution in [3.63, 3.8) is 0 Å². The second-order valence-corrected chi connectivity index (χ2v) is 5.25. The van der Waals surface area contributed by atoms with Crippen LogP contribution in [0.1, 0.15) is 22.5 Å². The van der Waals surface area contributed by atoms with E-state index in [0.29, 0.717) is 23.5 Å². The van der Waals surface area contributed by atoms with E-state index in [4.69, 9.17) is 15.0 Å². The standard InChI is InChI=1S/C15H19N3O3/c1-20-10-6-7-18(8-10)9-13-14(15(19)17-16)11-4-2-3-5-12(11)21-13/h2-5,10H,6-9,16H2,1H3,(H,17,19). The van der Waals surface area contributed by atoms with Crippen molar-refractivity contribution in [1.82, 2.24) is 10.3 Å². The number of nitrogens with zero attached hydrogens (tertiary/aromatic N) is 1. The molecule has 1 aromatic heterocycles. The van der Waals surface area contributed by atoms with Gasteiger partial charge in [-0.1, -0.05) is 18.2 Å². The monoisotopic (exact) mass is 289 g/mol. The molecule has 112 valence electrons. The zero-order valence-electron chi connectivity index (χ0n) is 12.0. The Morgan fingerprint density at radius 2 is 2.33 bits per heavy atom. The van der Waals surface area contributed by atoms with E-state index >= 15 is 0 Å². The van der Waals surface area contributed by atoms with Crippen LogP contribution in [0.3, 0.4) is 0 Å². The number of likely N-dealkylation sites (tertiary alicyclic amines) is 1. The minimum absolute atomic E-state index is 0.251. The lowest BCUT2D eigenvalue weighted by molar-refractivity contribution is 0.0950. The molecule has 2 heterocycles. The second kappa shape index (κ2) is 5.85. The van der Waals surface area contributed by atoms with Gasteiger partial charge in [-0.2, -0.15) is 0 Å². The molecule has 6 heteroatoms. The average molecular weight is 289 g/mol. The maximum atomic E-state index is 12.1. The van der Waals surface area contributed by atoms with Crippen LogP contribution >= 0.6 is 0 Å². The van der Waals surface area contributed by atoms with Crippen LogP contribution in [0.5, 0.6) is 0 Å². The fraction of sp³-hybridized carbons (Fsp3) is 0.400. The molecule has 2 aromatic rings. The molecule has 0 spiro atoms. The van der Waals surface area contributed by atoms with Gasteiger partial charge in [-0.25, -0.2) is 5.84 Å². The van der Waals surface area contributed by atoms with E-state index in [9.17, 15) is 4.79 Å². The Morgan fingerprint density at radius 1 is 1.52 bits per heavy atom. The molecule has 1 unspecified atom stereocenters. The molecule has 6 nitrogen and oxygen atoms in total. The smallest absolute Gasteiger partial charge is 0.269 e. The van der Waals surface area contributed by atoms with Gasteiger partial charge in [-0.05, 0) is 12.5 Å². The highest BCUT2D eigenvalue weighted by Crippen LogP contribution is 2.28. The summed E-state index contributed by atoms with van der Waals surface area (Å²) >= 11 is 0. The largest absolute Gasteiger partial charge is 0.459 e. The number of ether oxygens (including phenoxy) is 1. The normalized spacial score (nSPS) is 19.2. The minimum atomic E-state index is -0.322. The maximum absolute atomic E-state index is 12.1. The molecule has 1 aromatic carbocycles. The van der Waals surface area contributed by atoms with Gasteiger partial charge >= 0.3 is 0 Å². The summed E-state index contributed by atoms with van der Waals surface area (Å²) in [6.45, 7) is 2.35. The van der Waals surface area contributed by atoms with Gasteiger partial charge in [0.15, 0.2) is 0 Å². The summed E-state index contributed by atoms with van der Waals surface area (Å²) in [6.07, 6.45) is 1.25. The van der Waals surface area contributed by atoms with Gasteiger partial charge in [0.05, 0.1) is 18.2 Å². The molecule has 1 atom stereocenters. The van der Waals surface area contributed by atoms with Crippen LogP contribution < -0.4 is 11.3 Å². The molecular formula is C15H19N3O3. The van der Waals surface area contributed by atoms with Crippen molar-refractivity contribution in [3.8, 4) is 0 Å². The van der Waals surface area contributed by atoms with Crippen molar-refractivity contribution >= 4 is 16.9 Å². The minimum Gasteiger partial charge on any atom is -0.459 e. The fourth-order valence-electron chi connectivity index (χ4n) is 2.86. The molecule has 1 saturated heterocycles. The van der Waals surface area contributed by atoms with Crippen molar-refractivity contribution in [2.45, 2.75) is 19.1 Å². The average Bonchev–Trinajstić information content (AvgIpc) is 3.10. The van der Waals surface area contributed by atoms with Crippen LogP contribution in [-0.4, -0.2) is 37.1 Å². The first kappa shape index (κ1) is 14.1. The predicted octanol–water partition coefficient (Wildman–Crippen LogP) is 1.26. The lowest BCUT2D eigenvalue weighted by atomic mass is 10.1. The van der Waals surface area contributed by atoms with Crippen molar-refractivity contribution in [2.75, 3.05) is 20.2 Å². The van der Waals surface area contributed by atoms with Crippen molar-refractivity contribution in [2.24, 2.45) is 5.84 Å². The van der Waals surface area contributed by atoms with Gasteiger partial charge < -0.3 is 9.15 Å². The number of hydrazine groups is 1. The number of nitrogens with one attached hydrogen (secondary N) is 1. The SMILES string of the molecule is COC1CCN(Cc2oc3ccccc3c2C(=O)NN)C1. The first-order valence-electron chi connectivity index (χ1n) is 6.99. The maximum Gasteiger partial charge on any atom is 0.269 e. The summed E-state index contributed by atoms with van der Waals surface area (Å²) in [5.74, 6) is 5.63. The number of benzene rings is 1. The summed E-state index contributed by atoms with van der Waals surface area (Å²) in [4.78, 5) is 14.3. The van der Waals surface area contributed by atoms with E-state index in [1.165, 1.54) is 0 Å². The first-order chi connectivity index (χ1) is 10.2. The first-order valence-corrected chi connectivity index (χ1v) is 6.99. The zero-order chi connectivity index (χ0) is 14.8. The number of amides is 1. The Balaban J connectivity index is 1.92. The Kier molecular flexibility index (Phi) is 3.92. The zero-order valence-corrected chi connectivity index (χ0v) is 12.0. The highest BCUT2D eigenvalue weighted by molar-refractivity contribution is 6.07. The third-order valence-corrected chi connectivity index (χ3v) is 3.96. The van der Waals surface area contributed by atoms with Gasteiger partial charge in [0.1, 0.15) is 11.3 Å². The number of furan rings is 1.